The number of nitrogens with two attached hydrogens (primary N) is 1. The van der Waals surface area contributed by atoms with Crippen molar-refractivity contribution in [1.29, 1.82) is 0 Å². The van der Waals surface area contributed by atoms with E-state index in [0.717, 1.165) is 11.3 Å². The number of nitrogens with zero attached hydrogens (tertiary/aromatic N) is 1. The summed E-state index contributed by atoms with van der Waals surface area (Å²) in [5.74, 6) is -1.94. The molecule has 10 heteroatoms. The highest BCUT2D eigenvalue weighted by Gasteiger charge is 2.24. The number of esters is 1. The van der Waals surface area contributed by atoms with Crippen LogP contribution in [-0.4, -0.2) is 29.3 Å². The topological polar surface area (TPSA) is 142 Å². The molecule has 1 heterocycles. The number of primary amides is 1. The maximum Gasteiger partial charge on any atom is 0.348 e. The lowest BCUT2D eigenvalue weighted by Gasteiger charge is -2.02. The molecule has 0 spiro atoms. The van der Waals surface area contributed by atoms with E-state index in [1.807, 2.05) is 0 Å². The molecule has 0 aliphatic carbocycles. The number of thiophene rings is 1. The van der Waals surface area contributed by atoms with Crippen LogP contribution in [0.1, 0.15) is 38.1 Å². The van der Waals surface area contributed by atoms with Crippen LogP contribution in [0.2, 0.25) is 0 Å². The van der Waals surface area contributed by atoms with Crippen molar-refractivity contribution >= 4 is 45.9 Å². The summed E-state index contributed by atoms with van der Waals surface area (Å²) in [5, 5.41) is 13.3. The first-order chi connectivity index (χ1) is 13.2. The molecule has 2 amide bonds. The van der Waals surface area contributed by atoms with Gasteiger partial charge in [-0.3, -0.25) is 19.7 Å². The van der Waals surface area contributed by atoms with E-state index in [1.165, 1.54) is 36.4 Å². The van der Waals surface area contributed by atoms with Gasteiger partial charge in [0, 0.05) is 18.2 Å². The number of nitro groups is 1. The number of nitrogens with one attached hydrogen (secondary N) is 1. The number of carbonyl (C=O) groups is 3. The van der Waals surface area contributed by atoms with E-state index < -0.39 is 22.7 Å². The zero-order valence-electron chi connectivity index (χ0n) is 15.1. The molecule has 28 heavy (non-hydrogen) atoms. The van der Waals surface area contributed by atoms with Crippen LogP contribution < -0.4 is 11.1 Å². The van der Waals surface area contributed by atoms with Gasteiger partial charge >= 0.3 is 5.97 Å². The van der Waals surface area contributed by atoms with Gasteiger partial charge in [-0.05, 0) is 43.2 Å². The highest BCUT2D eigenvalue weighted by atomic mass is 32.1. The molecule has 1 aromatic heterocycles. The third-order valence-corrected chi connectivity index (χ3v) is 4.81. The van der Waals surface area contributed by atoms with Gasteiger partial charge in [-0.1, -0.05) is 0 Å². The standard InChI is InChI=1S/C18H17N3O6S/c1-3-27-18(24)15-10(2)14(16(19)23)17(28-15)20-13(22)9-6-11-4-7-12(8-5-11)21(25)26/h4-9H,3H2,1-2H3,(H2,19,23)(H,20,22)/b9-6+. The third-order valence-electron chi connectivity index (χ3n) is 3.62. The maximum absolute atomic E-state index is 12.2. The fraction of sp³-hybridized carbons (Fsp3) is 0.167. The van der Waals surface area contributed by atoms with E-state index in [9.17, 15) is 24.5 Å². The van der Waals surface area contributed by atoms with E-state index in [-0.39, 0.29) is 27.7 Å². The van der Waals surface area contributed by atoms with Gasteiger partial charge in [0.1, 0.15) is 9.88 Å². The fourth-order valence-corrected chi connectivity index (χ4v) is 3.43. The van der Waals surface area contributed by atoms with Gasteiger partial charge in [0.2, 0.25) is 5.91 Å². The number of carbonyl (C=O) groups excluding carboxylic acids is 3. The quantitative estimate of drug-likeness (QED) is 0.315. The number of nitro benzene ring substituents is 1. The highest BCUT2D eigenvalue weighted by molar-refractivity contribution is 7.18. The fourth-order valence-electron chi connectivity index (χ4n) is 2.32. The third kappa shape index (κ3) is 4.80. The molecule has 146 valence electrons. The molecule has 0 bridgehead atoms. The van der Waals surface area contributed by atoms with Crippen molar-refractivity contribution in [1.82, 2.24) is 0 Å². The Bertz CT molecular complexity index is 962. The largest absolute Gasteiger partial charge is 0.462 e. The first-order valence-electron chi connectivity index (χ1n) is 8.08. The number of hydrogen-bond acceptors (Lipinski definition) is 7. The van der Waals surface area contributed by atoms with Crippen molar-refractivity contribution in [3.05, 3.63) is 62.0 Å². The number of anilines is 1. The number of non-ortho nitro benzene ring substituents is 1. The van der Waals surface area contributed by atoms with Crippen LogP contribution in [-0.2, 0) is 9.53 Å². The predicted octanol–water partition coefficient (Wildman–Crippen LogP) is 2.89. The monoisotopic (exact) mass is 403 g/mol. The van der Waals surface area contributed by atoms with Crippen LogP contribution >= 0.6 is 11.3 Å². The molecule has 0 aliphatic rings. The number of ether oxygens (including phenoxy) is 1. The average Bonchev–Trinajstić information content (AvgIpc) is 2.96. The van der Waals surface area contributed by atoms with Crippen LogP contribution in [0, 0.1) is 17.0 Å². The number of benzene rings is 1. The van der Waals surface area contributed by atoms with Crippen LogP contribution in [0.3, 0.4) is 0 Å². The zero-order valence-corrected chi connectivity index (χ0v) is 15.9. The second-order valence-electron chi connectivity index (χ2n) is 5.52. The van der Waals surface area contributed by atoms with Crippen LogP contribution in [0.4, 0.5) is 10.7 Å². The second-order valence-corrected chi connectivity index (χ2v) is 6.54. The van der Waals surface area contributed by atoms with E-state index in [2.05, 4.69) is 5.32 Å². The highest BCUT2D eigenvalue weighted by Crippen LogP contribution is 2.33. The van der Waals surface area contributed by atoms with Gasteiger partial charge in [-0.15, -0.1) is 11.3 Å². The van der Waals surface area contributed by atoms with E-state index in [4.69, 9.17) is 10.5 Å². The summed E-state index contributed by atoms with van der Waals surface area (Å²) in [4.78, 5) is 46.2. The van der Waals surface area contributed by atoms with Crippen LogP contribution in [0.25, 0.3) is 6.08 Å². The van der Waals surface area contributed by atoms with E-state index >= 15 is 0 Å². The summed E-state index contributed by atoms with van der Waals surface area (Å²) in [6.45, 7) is 3.37. The number of amides is 2. The van der Waals surface area contributed by atoms with Crippen molar-refractivity contribution in [2.75, 3.05) is 11.9 Å². The summed E-state index contributed by atoms with van der Waals surface area (Å²) >= 11 is 0.901. The van der Waals surface area contributed by atoms with Gasteiger partial charge in [0.15, 0.2) is 0 Å². The molecular weight excluding hydrogens is 386 g/mol. The maximum atomic E-state index is 12.2. The summed E-state index contributed by atoms with van der Waals surface area (Å²) in [6, 6.07) is 5.61. The Morgan fingerprint density at radius 2 is 1.93 bits per heavy atom. The van der Waals surface area contributed by atoms with E-state index in [1.54, 1.807) is 13.8 Å². The van der Waals surface area contributed by atoms with Gasteiger partial charge in [-0.2, -0.15) is 0 Å². The van der Waals surface area contributed by atoms with Crippen molar-refractivity contribution in [3.8, 4) is 0 Å². The molecule has 0 atom stereocenters. The lowest BCUT2D eigenvalue weighted by molar-refractivity contribution is -0.384. The van der Waals surface area contributed by atoms with Crippen molar-refractivity contribution in [2.24, 2.45) is 5.73 Å². The van der Waals surface area contributed by atoms with Gasteiger partial charge in [-0.25, -0.2) is 4.79 Å². The molecule has 9 nitrogen and oxygen atoms in total. The zero-order chi connectivity index (χ0) is 20.8. The summed E-state index contributed by atoms with van der Waals surface area (Å²) in [5.41, 5.74) is 6.27. The van der Waals surface area contributed by atoms with Gasteiger partial charge < -0.3 is 15.8 Å². The van der Waals surface area contributed by atoms with Gasteiger partial charge in [0.25, 0.3) is 11.6 Å². The lowest BCUT2D eigenvalue weighted by atomic mass is 10.1. The molecule has 3 N–H and O–H groups in total. The molecule has 2 rings (SSSR count). The Kier molecular flexibility index (Phi) is 6.61. The Morgan fingerprint density at radius 3 is 2.46 bits per heavy atom. The molecule has 1 aromatic carbocycles. The van der Waals surface area contributed by atoms with Crippen LogP contribution in [0.5, 0.6) is 0 Å². The number of hydrogen-bond donors (Lipinski definition) is 2. The van der Waals surface area contributed by atoms with Gasteiger partial charge in [0.05, 0.1) is 17.1 Å². The molecule has 0 unspecified atom stereocenters. The Morgan fingerprint density at radius 1 is 1.29 bits per heavy atom. The Labute approximate surface area is 163 Å². The van der Waals surface area contributed by atoms with Crippen molar-refractivity contribution in [2.45, 2.75) is 13.8 Å². The number of rotatable bonds is 7. The summed E-state index contributed by atoms with van der Waals surface area (Å²) in [7, 11) is 0. The lowest BCUT2D eigenvalue weighted by Crippen LogP contribution is -2.16. The molecule has 2 aromatic rings. The first kappa shape index (κ1) is 20.8. The van der Waals surface area contributed by atoms with E-state index in [0.29, 0.717) is 11.1 Å². The minimum atomic E-state index is -0.779. The van der Waals surface area contributed by atoms with Crippen LogP contribution in [0.15, 0.2) is 30.3 Å². The van der Waals surface area contributed by atoms with Crippen molar-refractivity contribution in [3.63, 3.8) is 0 Å². The molecule has 0 radical (unpaired) electrons. The average molecular weight is 403 g/mol. The predicted molar refractivity (Wildman–Crippen MR) is 104 cm³/mol. The minimum absolute atomic E-state index is 0.0464. The Balaban J connectivity index is 2.20. The first-order valence-corrected chi connectivity index (χ1v) is 8.90. The smallest absolute Gasteiger partial charge is 0.348 e. The molecule has 0 saturated carbocycles. The minimum Gasteiger partial charge on any atom is -0.462 e. The molecule has 0 aliphatic heterocycles. The summed E-state index contributed by atoms with van der Waals surface area (Å²) < 4.78 is 4.94. The SMILES string of the molecule is CCOC(=O)c1sc(NC(=O)/C=C/c2ccc([N+](=O)[O-])cc2)c(C(N)=O)c1C. The van der Waals surface area contributed by atoms with Crippen molar-refractivity contribution < 1.29 is 24.0 Å². The Hall–Kier alpha value is -3.53. The normalized spacial score (nSPS) is 10.6. The molecule has 0 fully saturated rings. The summed E-state index contributed by atoms with van der Waals surface area (Å²) in [6.07, 6.45) is 2.65. The second kappa shape index (κ2) is 8.91. The molecular formula is C18H17N3O6S. The molecule has 0 saturated heterocycles.